The van der Waals surface area contributed by atoms with Gasteiger partial charge in [0.1, 0.15) is 5.82 Å². The van der Waals surface area contributed by atoms with Gasteiger partial charge < -0.3 is 14.4 Å². The van der Waals surface area contributed by atoms with Gasteiger partial charge in [-0.15, -0.1) is 11.3 Å². The lowest BCUT2D eigenvalue weighted by molar-refractivity contribution is -0.134. The standard InChI is InChI=1S/C40H38FN9O4S/c41-31-20-26(19-29-30(31)22-50(39(29)54)36(38(53)46-40-43-11-17-55-40)35-33-2-1-12-49(33)23-44-35)25-3-5-27(6-4-25)48-15-13-47(14-16-48)21-24-9-10-42-32(18-24)28-7-8-34(51)45-37(28)52/h3-6,9-11,17-20,23,28,36H,1-2,7-8,12-16,21-22H2,(H,43,46,53)(H,45,51,52). The number of benzene rings is 2. The molecule has 0 radical (unpaired) electrons. The molecule has 13 nitrogen and oxygen atoms in total. The number of rotatable bonds is 9. The first-order chi connectivity index (χ1) is 26.8. The number of halogens is 1. The number of fused-ring (bicyclic) bond motifs is 2. The predicted octanol–water partition coefficient (Wildman–Crippen LogP) is 4.67. The maximum absolute atomic E-state index is 15.9. The van der Waals surface area contributed by atoms with E-state index in [1.165, 1.54) is 22.3 Å². The minimum atomic E-state index is -1.04. The summed E-state index contributed by atoms with van der Waals surface area (Å²) in [6, 6.07) is 14.0. The Labute approximate surface area is 320 Å². The van der Waals surface area contributed by atoms with Gasteiger partial charge in [0.2, 0.25) is 11.8 Å². The van der Waals surface area contributed by atoms with E-state index in [4.69, 9.17) is 0 Å². The minimum Gasteiger partial charge on any atom is -0.369 e. The highest BCUT2D eigenvalue weighted by Gasteiger charge is 2.42. The third-order valence-corrected chi connectivity index (χ3v) is 11.8. The van der Waals surface area contributed by atoms with E-state index in [-0.39, 0.29) is 29.5 Å². The van der Waals surface area contributed by atoms with E-state index in [2.05, 4.69) is 35.4 Å². The van der Waals surface area contributed by atoms with Gasteiger partial charge >= 0.3 is 0 Å². The first-order valence-electron chi connectivity index (χ1n) is 18.5. The Kier molecular flexibility index (Phi) is 9.18. The van der Waals surface area contributed by atoms with Crippen LogP contribution in [0.4, 0.5) is 15.2 Å². The molecule has 0 saturated carbocycles. The minimum absolute atomic E-state index is 0.0460. The lowest BCUT2D eigenvalue weighted by Crippen LogP contribution is -2.46. The van der Waals surface area contributed by atoms with Gasteiger partial charge in [0.25, 0.3) is 11.8 Å². The molecule has 9 rings (SSSR count). The number of aryl methyl sites for hydroxylation is 1. The van der Waals surface area contributed by atoms with E-state index in [1.54, 1.807) is 30.2 Å². The van der Waals surface area contributed by atoms with Crippen LogP contribution in [-0.4, -0.2) is 79.1 Å². The summed E-state index contributed by atoms with van der Waals surface area (Å²) in [5, 5.41) is 7.43. The van der Waals surface area contributed by atoms with E-state index in [1.807, 2.05) is 41.0 Å². The van der Waals surface area contributed by atoms with Gasteiger partial charge in [-0.25, -0.2) is 14.4 Å². The first-order valence-corrected chi connectivity index (χ1v) is 19.4. The van der Waals surface area contributed by atoms with Gasteiger partial charge in [0.05, 0.1) is 30.2 Å². The Morgan fingerprint density at radius 3 is 2.56 bits per heavy atom. The smallest absolute Gasteiger partial charge is 0.255 e. The molecule has 4 amide bonds. The number of piperidine rings is 1. The van der Waals surface area contributed by atoms with E-state index >= 15 is 4.39 Å². The van der Waals surface area contributed by atoms with Crippen molar-refractivity contribution in [3.8, 4) is 11.1 Å². The molecule has 0 spiro atoms. The van der Waals surface area contributed by atoms with Crippen LogP contribution in [0.5, 0.6) is 0 Å². The number of carbonyl (C=O) groups is 4. The summed E-state index contributed by atoms with van der Waals surface area (Å²) in [7, 11) is 0. The molecule has 4 aliphatic heterocycles. The molecular weight excluding hydrogens is 722 g/mol. The molecule has 7 heterocycles. The molecule has 15 heteroatoms. The highest BCUT2D eigenvalue weighted by atomic mass is 32.1. The number of pyridine rings is 1. The van der Waals surface area contributed by atoms with Crippen LogP contribution in [0.2, 0.25) is 0 Å². The average Bonchev–Trinajstić information content (AvgIpc) is 4.01. The van der Waals surface area contributed by atoms with Gasteiger partial charge in [-0.05, 0) is 72.4 Å². The number of nitrogens with one attached hydrogen (secondary N) is 2. The Bertz CT molecular complexity index is 2300. The van der Waals surface area contributed by atoms with Gasteiger partial charge in [-0.1, -0.05) is 12.1 Å². The lowest BCUT2D eigenvalue weighted by atomic mass is 9.93. The third-order valence-electron chi connectivity index (χ3n) is 11.1. The Morgan fingerprint density at radius 1 is 0.945 bits per heavy atom. The largest absolute Gasteiger partial charge is 0.369 e. The number of amides is 4. The summed E-state index contributed by atoms with van der Waals surface area (Å²) in [6.45, 7) is 4.81. The Morgan fingerprint density at radius 2 is 1.78 bits per heavy atom. The molecule has 55 heavy (non-hydrogen) atoms. The third kappa shape index (κ3) is 6.78. The van der Waals surface area contributed by atoms with Crippen molar-refractivity contribution in [3.05, 3.63) is 112 Å². The summed E-state index contributed by atoms with van der Waals surface area (Å²) >= 11 is 1.28. The van der Waals surface area contributed by atoms with Crippen LogP contribution in [-0.2, 0) is 40.4 Å². The topological polar surface area (TPSA) is 146 Å². The normalized spacial score (nSPS) is 19.0. The van der Waals surface area contributed by atoms with Gasteiger partial charge in [0, 0.05) is 86.0 Å². The zero-order valence-electron chi connectivity index (χ0n) is 29.9. The Hall–Kier alpha value is -5.80. The number of nitrogens with zero attached hydrogens (tertiary/aromatic N) is 7. The molecule has 2 atom stereocenters. The van der Waals surface area contributed by atoms with Gasteiger partial charge in [0.15, 0.2) is 11.2 Å². The van der Waals surface area contributed by atoms with Crippen molar-refractivity contribution in [1.29, 1.82) is 0 Å². The SMILES string of the molecule is O=C1CCC(c2cc(CN3CCN(c4ccc(-c5cc(F)c6c(c5)C(=O)N(C(C(=O)Nc5nccs5)c5ncn7c5CCC7)C6)cc4)CC3)ccn2)C(=O)N1. The second kappa shape index (κ2) is 14.5. The number of hydrogen-bond donors (Lipinski definition) is 2. The van der Waals surface area contributed by atoms with Gasteiger partial charge in [-0.3, -0.25) is 39.7 Å². The molecule has 2 aromatic carbocycles. The van der Waals surface area contributed by atoms with Crippen LogP contribution in [0.15, 0.2) is 72.6 Å². The highest BCUT2D eigenvalue weighted by Crippen LogP contribution is 2.38. The van der Waals surface area contributed by atoms with Crippen LogP contribution >= 0.6 is 11.3 Å². The van der Waals surface area contributed by atoms with Crippen molar-refractivity contribution in [2.45, 2.75) is 57.3 Å². The summed E-state index contributed by atoms with van der Waals surface area (Å²) < 4.78 is 17.9. The average molecular weight is 760 g/mol. The lowest BCUT2D eigenvalue weighted by Gasteiger charge is -2.36. The maximum atomic E-state index is 15.9. The van der Waals surface area contributed by atoms with E-state index in [0.29, 0.717) is 34.9 Å². The van der Waals surface area contributed by atoms with Gasteiger partial charge in [-0.2, -0.15) is 0 Å². The van der Waals surface area contributed by atoms with Crippen molar-refractivity contribution in [2.75, 3.05) is 36.4 Å². The van der Waals surface area contributed by atoms with E-state index < -0.39 is 29.6 Å². The number of hydrogen-bond acceptors (Lipinski definition) is 10. The second-order valence-electron chi connectivity index (χ2n) is 14.4. The van der Waals surface area contributed by atoms with Crippen LogP contribution < -0.4 is 15.5 Å². The molecule has 5 aromatic rings. The molecule has 2 N–H and O–H groups in total. The monoisotopic (exact) mass is 759 g/mol. The zero-order valence-corrected chi connectivity index (χ0v) is 30.7. The van der Waals surface area contributed by atoms with Crippen molar-refractivity contribution in [1.82, 2.24) is 34.6 Å². The number of imide groups is 1. The van der Waals surface area contributed by atoms with Crippen LogP contribution in [0.25, 0.3) is 11.1 Å². The molecule has 280 valence electrons. The van der Waals surface area contributed by atoms with Crippen LogP contribution in [0.1, 0.15) is 69.8 Å². The fourth-order valence-corrected chi connectivity index (χ4v) is 8.74. The second-order valence-corrected chi connectivity index (χ2v) is 15.3. The van der Waals surface area contributed by atoms with E-state index in [0.717, 1.165) is 74.6 Å². The van der Waals surface area contributed by atoms with Crippen molar-refractivity contribution in [2.24, 2.45) is 0 Å². The molecule has 2 fully saturated rings. The summed E-state index contributed by atoms with van der Waals surface area (Å²) in [5.41, 5.74) is 6.15. The van der Waals surface area contributed by atoms with Crippen molar-refractivity contribution < 1.29 is 23.6 Å². The number of carbonyl (C=O) groups excluding carboxylic acids is 4. The molecule has 0 aliphatic carbocycles. The molecule has 4 aliphatic rings. The summed E-state index contributed by atoms with van der Waals surface area (Å²) in [5.74, 6) is -2.26. The molecule has 3 aromatic heterocycles. The quantitative estimate of drug-likeness (QED) is 0.205. The molecule has 2 unspecified atom stereocenters. The van der Waals surface area contributed by atoms with Crippen LogP contribution in [0.3, 0.4) is 0 Å². The van der Waals surface area contributed by atoms with Crippen molar-refractivity contribution >= 4 is 45.8 Å². The highest BCUT2D eigenvalue weighted by molar-refractivity contribution is 7.13. The summed E-state index contributed by atoms with van der Waals surface area (Å²) in [6.07, 6.45) is 7.50. The number of piperazine rings is 1. The predicted molar refractivity (Wildman–Crippen MR) is 203 cm³/mol. The summed E-state index contributed by atoms with van der Waals surface area (Å²) in [4.78, 5) is 71.1. The number of aromatic nitrogens is 4. The maximum Gasteiger partial charge on any atom is 0.255 e. The van der Waals surface area contributed by atoms with Crippen molar-refractivity contribution in [3.63, 3.8) is 0 Å². The Balaban J connectivity index is 0.871. The zero-order chi connectivity index (χ0) is 37.6. The van der Waals surface area contributed by atoms with Crippen LogP contribution in [0, 0.1) is 5.82 Å². The molecule has 2 saturated heterocycles. The molecular formula is C40H38FN9O4S. The molecule has 0 bridgehead atoms. The first kappa shape index (κ1) is 34.9. The fraction of sp³-hybridized carbons (Fsp3) is 0.325. The number of thiazole rings is 1. The fourth-order valence-electron chi connectivity index (χ4n) is 8.21. The number of imidazole rings is 1. The van der Waals surface area contributed by atoms with E-state index in [9.17, 15) is 19.2 Å². The number of anilines is 2.